The van der Waals surface area contributed by atoms with Crippen LogP contribution in [0.1, 0.15) is 21.8 Å². The second-order valence-electron chi connectivity index (χ2n) is 2.39. The minimum Gasteiger partial charge on any atom is -0.373 e. The molecule has 2 rings (SSSR count). The molecule has 0 unspecified atom stereocenters. The van der Waals surface area contributed by atoms with Crippen LogP contribution < -0.4 is 0 Å². The van der Waals surface area contributed by atoms with E-state index in [1.165, 1.54) is 0 Å². The van der Waals surface area contributed by atoms with Crippen LogP contribution in [-0.2, 0) is 17.8 Å². The van der Waals surface area contributed by atoms with E-state index in [0.29, 0.717) is 31.0 Å². The maximum Gasteiger partial charge on any atom is 0.172 e. The van der Waals surface area contributed by atoms with Gasteiger partial charge in [0.25, 0.3) is 0 Å². The van der Waals surface area contributed by atoms with Crippen molar-refractivity contribution in [1.29, 1.82) is 0 Å². The molecule has 1 aromatic heterocycles. The third-order valence-electron chi connectivity index (χ3n) is 1.74. The van der Waals surface area contributed by atoms with Gasteiger partial charge in [-0.3, -0.25) is 4.79 Å². The molecule has 0 N–H and O–H groups in total. The van der Waals surface area contributed by atoms with Crippen molar-refractivity contribution >= 4 is 6.29 Å². The van der Waals surface area contributed by atoms with Gasteiger partial charge in [0.05, 0.1) is 6.61 Å². The summed E-state index contributed by atoms with van der Waals surface area (Å²) in [5.74, 6) is 0.693. The molecule has 1 aliphatic heterocycles. The Morgan fingerprint density at radius 3 is 3.27 bits per heavy atom. The van der Waals surface area contributed by atoms with Gasteiger partial charge in [0.15, 0.2) is 12.0 Å². The van der Waals surface area contributed by atoms with E-state index in [0.717, 1.165) is 12.0 Å². The van der Waals surface area contributed by atoms with E-state index in [-0.39, 0.29) is 0 Å². The minimum atomic E-state index is 0.420. The molecule has 0 aromatic carbocycles. The minimum absolute atomic E-state index is 0.420. The Hall–Kier alpha value is -1.16. The average molecular weight is 153 g/mol. The van der Waals surface area contributed by atoms with Crippen LogP contribution >= 0.6 is 0 Å². The van der Waals surface area contributed by atoms with E-state index in [1.54, 1.807) is 0 Å². The molecule has 1 aromatic rings. The van der Waals surface area contributed by atoms with Crippen LogP contribution in [0.15, 0.2) is 4.52 Å². The summed E-state index contributed by atoms with van der Waals surface area (Å²) in [7, 11) is 0. The van der Waals surface area contributed by atoms with E-state index < -0.39 is 0 Å². The fourth-order valence-corrected chi connectivity index (χ4v) is 1.17. The number of carbonyl (C=O) groups is 1. The van der Waals surface area contributed by atoms with Gasteiger partial charge in [-0.05, 0) is 0 Å². The zero-order valence-corrected chi connectivity index (χ0v) is 5.87. The van der Waals surface area contributed by atoms with Crippen molar-refractivity contribution < 1.29 is 14.1 Å². The monoisotopic (exact) mass is 153 g/mol. The first-order chi connectivity index (χ1) is 5.42. The third kappa shape index (κ3) is 0.952. The molecule has 1 aliphatic rings. The molecule has 4 nitrogen and oxygen atoms in total. The number of fused-ring (bicyclic) bond motifs is 1. The van der Waals surface area contributed by atoms with E-state index in [2.05, 4.69) is 5.16 Å². The molecule has 2 heterocycles. The van der Waals surface area contributed by atoms with Gasteiger partial charge in [0.1, 0.15) is 12.3 Å². The Labute approximate surface area is 63.1 Å². The summed E-state index contributed by atoms with van der Waals surface area (Å²) >= 11 is 0. The maximum absolute atomic E-state index is 10.4. The second kappa shape index (κ2) is 2.47. The van der Waals surface area contributed by atoms with Crippen LogP contribution in [0.5, 0.6) is 0 Å². The number of aromatic nitrogens is 1. The van der Waals surface area contributed by atoms with Gasteiger partial charge in [-0.1, -0.05) is 5.16 Å². The van der Waals surface area contributed by atoms with Gasteiger partial charge in [-0.2, -0.15) is 0 Å². The van der Waals surface area contributed by atoms with Crippen molar-refractivity contribution in [2.75, 3.05) is 6.61 Å². The Bertz CT molecular complexity index is 279. The molecule has 0 atom stereocenters. The lowest BCUT2D eigenvalue weighted by molar-refractivity contribution is 0.0894. The highest BCUT2D eigenvalue weighted by atomic mass is 16.5. The molecular formula is C7H7NO3. The quantitative estimate of drug-likeness (QED) is 0.553. The first-order valence-electron chi connectivity index (χ1n) is 3.42. The zero-order valence-electron chi connectivity index (χ0n) is 5.87. The van der Waals surface area contributed by atoms with Gasteiger partial charge in [-0.25, -0.2) is 0 Å². The molecular weight excluding hydrogens is 146 g/mol. The normalized spacial score (nSPS) is 16.0. The molecule has 0 bridgehead atoms. The van der Waals surface area contributed by atoms with Crippen molar-refractivity contribution in [2.24, 2.45) is 0 Å². The lowest BCUT2D eigenvalue weighted by Gasteiger charge is -2.08. The van der Waals surface area contributed by atoms with Crippen LogP contribution in [0.4, 0.5) is 0 Å². The third-order valence-corrected chi connectivity index (χ3v) is 1.74. The van der Waals surface area contributed by atoms with Gasteiger partial charge in [-0.15, -0.1) is 0 Å². The topological polar surface area (TPSA) is 52.3 Å². The fraction of sp³-hybridized carbons (Fsp3) is 0.429. The first kappa shape index (κ1) is 6.54. The molecule has 0 saturated carbocycles. The largest absolute Gasteiger partial charge is 0.373 e. The number of aldehydes is 1. The highest BCUT2D eigenvalue weighted by Crippen LogP contribution is 2.18. The number of ether oxygens (including phenoxy) is 1. The Morgan fingerprint density at radius 2 is 2.45 bits per heavy atom. The molecule has 0 spiro atoms. The molecule has 0 fully saturated rings. The van der Waals surface area contributed by atoms with Gasteiger partial charge in [0.2, 0.25) is 0 Å². The van der Waals surface area contributed by atoms with Crippen molar-refractivity contribution in [3.05, 3.63) is 17.0 Å². The summed E-state index contributed by atoms with van der Waals surface area (Å²) in [6, 6.07) is 0. The Kier molecular flexibility index (Phi) is 1.47. The van der Waals surface area contributed by atoms with Gasteiger partial charge >= 0.3 is 0 Å². The van der Waals surface area contributed by atoms with Crippen LogP contribution in [0.2, 0.25) is 0 Å². The van der Waals surface area contributed by atoms with Crippen LogP contribution in [0.3, 0.4) is 0 Å². The summed E-state index contributed by atoms with van der Waals surface area (Å²) in [5, 5.41) is 3.59. The molecule has 58 valence electrons. The predicted molar refractivity (Wildman–Crippen MR) is 35.3 cm³/mol. The van der Waals surface area contributed by atoms with Crippen LogP contribution in [0.25, 0.3) is 0 Å². The van der Waals surface area contributed by atoms with E-state index in [9.17, 15) is 4.79 Å². The van der Waals surface area contributed by atoms with Crippen LogP contribution in [-0.4, -0.2) is 18.0 Å². The number of hydrogen-bond acceptors (Lipinski definition) is 4. The van der Waals surface area contributed by atoms with E-state index >= 15 is 0 Å². The SMILES string of the molecule is O=Cc1noc2c1CCOC2. The lowest BCUT2D eigenvalue weighted by Crippen LogP contribution is -2.08. The Morgan fingerprint density at radius 1 is 1.55 bits per heavy atom. The van der Waals surface area contributed by atoms with Crippen LogP contribution in [0, 0.1) is 0 Å². The number of carbonyl (C=O) groups excluding carboxylic acids is 1. The van der Waals surface area contributed by atoms with Crippen molar-refractivity contribution in [1.82, 2.24) is 5.16 Å². The molecule has 0 radical (unpaired) electrons. The summed E-state index contributed by atoms with van der Waals surface area (Å²) in [6.07, 6.45) is 1.44. The van der Waals surface area contributed by atoms with Gasteiger partial charge < -0.3 is 9.26 Å². The summed E-state index contributed by atoms with van der Waals surface area (Å²) in [5.41, 5.74) is 1.33. The molecule has 0 aliphatic carbocycles. The number of hydrogen-bond donors (Lipinski definition) is 0. The maximum atomic E-state index is 10.4. The summed E-state index contributed by atoms with van der Waals surface area (Å²) in [6.45, 7) is 1.09. The van der Waals surface area contributed by atoms with Gasteiger partial charge in [0, 0.05) is 12.0 Å². The van der Waals surface area contributed by atoms with Crippen molar-refractivity contribution in [3.63, 3.8) is 0 Å². The molecule has 0 amide bonds. The summed E-state index contributed by atoms with van der Waals surface area (Å²) in [4.78, 5) is 10.4. The van der Waals surface area contributed by atoms with Crippen molar-refractivity contribution in [2.45, 2.75) is 13.0 Å². The fourth-order valence-electron chi connectivity index (χ4n) is 1.17. The second-order valence-corrected chi connectivity index (χ2v) is 2.39. The van der Waals surface area contributed by atoms with E-state index in [1.807, 2.05) is 0 Å². The summed E-state index contributed by atoms with van der Waals surface area (Å²) < 4.78 is 9.98. The standard InChI is InChI=1S/C7H7NO3/c9-3-6-5-1-2-10-4-7(5)11-8-6/h3H,1-2,4H2. The highest BCUT2D eigenvalue weighted by Gasteiger charge is 2.18. The first-order valence-corrected chi connectivity index (χ1v) is 3.42. The predicted octanol–water partition coefficient (Wildman–Crippen LogP) is 0.560. The Balaban J connectivity index is 2.45. The number of rotatable bonds is 1. The molecule has 11 heavy (non-hydrogen) atoms. The molecule has 0 saturated heterocycles. The van der Waals surface area contributed by atoms with E-state index in [4.69, 9.17) is 9.26 Å². The molecule has 4 heteroatoms. The lowest BCUT2D eigenvalue weighted by atomic mass is 10.1. The average Bonchev–Trinajstić information content (AvgIpc) is 2.47. The van der Waals surface area contributed by atoms with Crippen molar-refractivity contribution in [3.8, 4) is 0 Å². The smallest absolute Gasteiger partial charge is 0.172 e. The zero-order chi connectivity index (χ0) is 7.68. The highest BCUT2D eigenvalue weighted by molar-refractivity contribution is 5.74. The number of nitrogens with zero attached hydrogens (tertiary/aromatic N) is 1.